The van der Waals surface area contributed by atoms with E-state index in [-0.39, 0.29) is 24.8 Å². The van der Waals surface area contributed by atoms with Gasteiger partial charge in [-0.05, 0) is 48.9 Å². The fraction of sp³-hybridized carbons (Fsp3) is 0.148. The molecule has 2 N–H and O–H groups in total. The first-order valence-electron chi connectivity index (χ1n) is 11.1. The Morgan fingerprint density at radius 2 is 1.54 bits per heavy atom. The smallest absolute Gasteiger partial charge is 0.287 e. The van der Waals surface area contributed by atoms with Gasteiger partial charge in [0.15, 0.2) is 5.76 Å². The van der Waals surface area contributed by atoms with Gasteiger partial charge in [0.05, 0.1) is 25.6 Å². The summed E-state index contributed by atoms with van der Waals surface area (Å²) in [7, 11) is 0. The van der Waals surface area contributed by atoms with Gasteiger partial charge in [0.1, 0.15) is 11.8 Å². The van der Waals surface area contributed by atoms with Gasteiger partial charge in [-0.15, -0.1) is 0 Å². The number of carbonyl (C=O) groups is 3. The largest absolute Gasteiger partial charge is 0.467 e. The van der Waals surface area contributed by atoms with Crippen LogP contribution in [0.2, 0.25) is 0 Å². The lowest BCUT2D eigenvalue weighted by atomic mass is 10.0. The van der Waals surface area contributed by atoms with Gasteiger partial charge < -0.3 is 19.5 Å². The molecule has 1 atom stereocenters. The normalized spacial score (nSPS) is 11.5. The quantitative estimate of drug-likeness (QED) is 0.384. The molecular weight excluding hydrogens is 446 g/mol. The van der Waals surface area contributed by atoms with E-state index in [2.05, 4.69) is 10.6 Å². The van der Waals surface area contributed by atoms with Gasteiger partial charge in [0.2, 0.25) is 11.8 Å². The zero-order chi connectivity index (χ0) is 24.6. The fourth-order valence-electron chi connectivity index (χ4n) is 3.61. The zero-order valence-electron chi connectivity index (χ0n) is 19.1. The summed E-state index contributed by atoms with van der Waals surface area (Å²) in [6.07, 6.45) is 2.91. The maximum absolute atomic E-state index is 13.5. The van der Waals surface area contributed by atoms with E-state index in [1.54, 1.807) is 42.5 Å². The molecule has 0 saturated carbocycles. The molecule has 0 aliphatic heterocycles. The van der Waals surface area contributed by atoms with Crippen molar-refractivity contribution in [3.8, 4) is 0 Å². The van der Waals surface area contributed by atoms with Gasteiger partial charge in [-0.1, -0.05) is 48.0 Å². The van der Waals surface area contributed by atoms with Crippen molar-refractivity contribution in [2.45, 2.75) is 19.5 Å². The van der Waals surface area contributed by atoms with Crippen LogP contribution in [0.25, 0.3) is 0 Å². The predicted molar refractivity (Wildman–Crippen MR) is 129 cm³/mol. The second kappa shape index (κ2) is 11.0. The Morgan fingerprint density at radius 1 is 0.829 bits per heavy atom. The first kappa shape index (κ1) is 23.6. The summed E-state index contributed by atoms with van der Waals surface area (Å²) >= 11 is 0. The van der Waals surface area contributed by atoms with Gasteiger partial charge in [-0.25, -0.2) is 0 Å². The minimum atomic E-state index is -0.985. The topological polar surface area (TPSA) is 105 Å². The van der Waals surface area contributed by atoms with Crippen LogP contribution in [0.5, 0.6) is 0 Å². The van der Waals surface area contributed by atoms with Crippen molar-refractivity contribution in [1.29, 1.82) is 0 Å². The Hall–Kier alpha value is -4.59. The summed E-state index contributed by atoms with van der Waals surface area (Å²) in [5.41, 5.74) is 2.16. The highest BCUT2D eigenvalue weighted by Crippen LogP contribution is 2.28. The van der Waals surface area contributed by atoms with E-state index in [0.717, 1.165) is 5.56 Å². The first-order valence-corrected chi connectivity index (χ1v) is 11.1. The van der Waals surface area contributed by atoms with Crippen LogP contribution in [-0.2, 0) is 16.1 Å². The predicted octanol–water partition coefficient (Wildman–Crippen LogP) is 4.00. The van der Waals surface area contributed by atoms with Gasteiger partial charge in [0.25, 0.3) is 5.91 Å². The maximum Gasteiger partial charge on any atom is 0.287 e. The number of carbonyl (C=O) groups excluding carboxylic acids is 3. The van der Waals surface area contributed by atoms with E-state index in [9.17, 15) is 14.4 Å². The van der Waals surface area contributed by atoms with E-state index in [0.29, 0.717) is 17.0 Å². The second-order valence-electron chi connectivity index (χ2n) is 7.87. The van der Waals surface area contributed by atoms with Gasteiger partial charge in [-0.2, -0.15) is 0 Å². The monoisotopic (exact) mass is 471 g/mol. The van der Waals surface area contributed by atoms with Crippen LogP contribution in [0.15, 0.2) is 100 Å². The molecule has 2 heterocycles. The third-order valence-corrected chi connectivity index (χ3v) is 5.36. The Labute approximate surface area is 202 Å². The molecule has 4 aromatic rings. The number of amides is 3. The molecule has 0 spiro atoms. The lowest BCUT2D eigenvalue weighted by molar-refractivity contribution is -0.126. The zero-order valence-corrected chi connectivity index (χ0v) is 19.1. The van der Waals surface area contributed by atoms with Crippen molar-refractivity contribution >= 4 is 23.4 Å². The number of rotatable bonds is 9. The average molecular weight is 472 g/mol. The Balaban J connectivity index is 1.64. The molecule has 0 aliphatic carbocycles. The van der Waals surface area contributed by atoms with Crippen LogP contribution in [0.1, 0.15) is 33.5 Å². The number of benzene rings is 2. The minimum absolute atomic E-state index is 0.0929. The molecule has 178 valence electrons. The number of hydrogen-bond donors (Lipinski definition) is 2. The summed E-state index contributed by atoms with van der Waals surface area (Å²) in [6.45, 7) is 1.78. The molecule has 0 bridgehead atoms. The molecular formula is C27H25N3O5. The molecule has 8 nitrogen and oxygen atoms in total. The number of nitrogens with one attached hydrogen (secondary N) is 2. The molecule has 4 rings (SSSR count). The lowest BCUT2D eigenvalue weighted by Gasteiger charge is -2.31. The average Bonchev–Trinajstić information content (AvgIpc) is 3.60. The Morgan fingerprint density at radius 3 is 2.20 bits per heavy atom. The van der Waals surface area contributed by atoms with Crippen LogP contribution in [0.3, 0.4) is 0 Å². The first-order chi connectivity index (χ1) is 17.0. The summed E-state index contributed by atoms with van der Waals surface area (Å²) in [5.74, 6) is -0.695. The van der Waals surface area contributed by atoms with Crippen molar-refractivity contribution in [3.63, 3.8) is 0 Å². The number of furan rings is 2. The van der Waals surface area contributed by atoms with E-state index >= 15 is 0 Å². The van der Waals surface area contributed by atoms with Crippen LogP contribution in [-0.4, -0.2) is 24.3 Å². The molecule has 2 aromatic heterocycles. The maximum atomic E-state index is 13.5. The summed E-state index contributed by atoms with van der Waals surface area (Å²) < 4.78 is 10.4. The number of anilines is 1. The molecule has 0 radical (unpaired) electrons. The molecule has 2 aromatic carbocycles. The van der Waals surface area contributed by atoms with Crippen LogP contribution in [0.4, 0.5) is 5.69 Å². The molecule has 0 aliphatic rings. The minimum Gasteiger partial charge on any atom is -0.467 e. The number of nitrogens with zero attached hydrogens (tertiary/aromatic N) is 1. The highest BCUT2D eigenvalue weighted by atomic mass is 16.3. The van der Waals surface area contributed by atoms with Crippen LogP contribution in [0, 0.1) is 6.92 Å². The molecule has 3 amide bonds. The number of para-hydroxylation sites is 1. The summed E-state index contributed by atoms with van der Waals surface area (Å²) in [6, 6.07) is 21.9. The highest BCUT2D eigenvalue weighted by molar-refractivity contribution is 6.04. The Kier molecular flexibility index (Phi) is 7.42. The van der Waals surface area contributed by atoms with Crippen molar-refractivity contribution < 1.29 is 23.2 Å². The summed E-state index contributed by atoms with van der Waals surface area (Å²) in [5, 5.41) is 5.43. The van der Waals surface area contributed by atoms with Gasteiger partial charge in [-0.3, -0.25) is 19.3 Å². The van der Waals surface area contributed by atoms with E-state index in [1.807, 2.05) is 37.3 Å². The third kappa shape index (κ3) is 5.86. The number of aryl methyl sites for hydroxylation is 1. The highest BCUT2D eigenvalue weighted by Gasteiger charge is 2.33. The van der Waals surface area contributed by atoms with E-state index in [1.165, 1.54) is 23.5 Å². The fourth-order valence-corrected chi connectivity index (χ4v) is 3.61. The van der Waals surface area contributed by atoms with E-state index < -0.39 is 17.9 Å². The third-order valence-electron chi connectivity index (χ3n) is 5.36. The Bertz CT molecular complexity index is 1250. The molecule has 35 heavy (non-hydrogen) atoms. The van der Waals surface area contributed by atoms with Crippen LogP contribution < -0.4 is 15.5 Å². The van der Waals surface area contributed by atoms with E-state index in [4.69, 9.17) is 8.83 Å². The van der Waals surface area contributed by atoms with Gasteiger partial charge in [0, 0.05) is 5.69 Å². The number of hydrogen-bond acceptors (Lipinski definition) is 5. The molecule has 0 fully saturated rings. The summed E-state index contributed by atoms with van der Waals surface area (Å²) in [4.78, 5) is 40.8. The van der Waals surface area contributed by atoms with Crippen LogP contribution >= 0.6 is 0 Å². The van der Waals surface area contributed by atoms with Crippen molar-refractivity contribution in [3.05, 3.63) is 114 Å². The second-order valence-corrected chi connectivity index (χ2v) is 7.87. The molecule has 0 unspecified atom stereocenters. The van der Waals surface area contributed by atoms with Crippen molar-refractivity contribution in [1.82, 2.24) is 10.6 Å². The van der Waals surface area contributed by atoms with Crippen molar-refractivity contribution in [2.24, 2.45) is 0 Å². The molecule has 0 saturated heterocycles. The standard InChI is InChI=1S/C27H25N3O5/c1-19-11-13-20(14-12-19)25(27(33)28-17-22-9-5-15-34-22)30(21-7-3-2-4-8-21)24(31)18-29-26(32)23-10-6-16-35-23/h2-16,25H,17-18H2,1H3,(H,28,33)(H,29,32)/t25-/m0/s1. The van der Waals surface area contributed by atoms with Crippen molar-refractivity contribution in [2.75, 3.05) is 11.4 Å². The SMILES string of the molecule is Cc1ccc([C@@H](C(=O)NCc2ccco2)N(C(=O)CNC(=O)c2ccco2)c2ccccc2)cc1. The lowest BCUT2D eigenvalue weighted by Crippen LogP contribution is -2.47. The van der Waals surface area contributed by atoms with Gasteiger partial charge >= 0.3 is 0 Å². The molecule has 8 heteroatoms.